The highest BCUT2D eigenvalue weighted by molar-refractivity contribution is 7.10. The first-order chi connectivity index (χ1) is 6.66. The molecule has 1 aliphatic rings. The molecule has 1 aromatic rings. The maximum Gasteiger partial charge on any atom is 0.290 e. The minimum atomic E-state index is -0.325. The van der Waals surface area contributed by atoms with Crippen LogP contribution in [0, 0.1) is 6.92 Å². The number of likely N-dealkylation sites (tertiary alicyclic amines) is 1. The lowest BCUT2D eigenvalue weighted by Gasteiger charge is -2.12. The van der Waals surface area contributed by atoms with Gasteiger partial charge in [-0.25, -0.2) is 0 Å². The van der Waals surface area contributed by atoms with E-state index in [2.05, 4.69) is 6.07 Å². The van der Waals surface area contributed by atoms with Crippen molar-refractivity contribution in [1.82, 2.24) is 4.90 Å². The zero-order valence-electron chi connectivity index (χ0n) is 7.95. The monoisotopic (exact) mass is 209 g/mol. The molecule has 4 heteroatoms. The van der Waals surface area contributed by atoms with Crippen LogP contribution in [0.1, 0.15) is 16.9 Å². The largest absolute Gasteiger partial charge is 0.331 e. The van der Waals surface area contributed by atoms with Gasteiger partial charge in [-0.05, 0) is 23.9 Å². The minimum absolute atomic E-state index is 0.253. The van der Waals surface area contributed by atoms with Crippen molar-refractivity contribution in [2.45, 2.75) is 19.9 Å². The fourth-order valence-electron chi connectivity index (χ4n) is 1.57. The summed E-state index contributed by atoms with van der Waals surface area (Å²) >= 11 is 1.67. The normalized spacial score (nSPS) is 16.8. The standard InChI is InChI=1S/C10H11NO2S/c1-7-4-8(6-14-7)5-11-3-2-9(12)10(11)13/h4,6H,2-3,5H2,1H3. The number of hydrogen-bond donors (Lipinski definition) is 0. The molecule has 0 spiro atoms. The molecule has 2 rings (SSSR count). The van der Waals surface area contributed by atoms with E-state index in [0.717, 1.165) is 5.56 Å². The van der Waals surface area contributed by atoms with E-state index in [4.69, 9.17) is 0 Å². The molecule has 0 unspecified atom stereocenters. The first-order valence-electron chi connectivity index (χ1n) is 4.53. The van der Waals surface area contributed by atoms with Crippen molar-refractivity contribution >= 4 is 23.0 Å². The lowest BCUT2D eigenvalue weighted by Crippen LogP contribution is -2.26. The third-order valence-electron chi connectivity index (χ3n) is 2.29. The number of ketones is 1. The average Bonchev–Trinajstić information content (AvgIpc) is 2.67. The van der Waals surface area contributed by atoms with Crippen LogP contribution in [0.3, 0.4) is 0 Å². The molecule has 2 heterocycles. The van der Waals surface area contributed by atoms with E-state index in [1.54, 1.807) is 16.2 Å². The van der Waals surface area contributed by atoms with Gasteiger partial charge in [0.05, 0.1) is 0 Å². The number of amides is 1. The molecule has 0 aliphatic carbocycles. The number of carbonyl (C=O) groups excluding carboxylic acids is 2. The van der Waals surface area contributed by atoms with E-state index in [0.29, 0.717) is 19.5 Å². The van der Waals surface area contributed by atoms with Crippen LogP contribution in [0.4, 0.5) is 0 Å². The Morgan fingerprint density at radius 2 is 2.29 bits per heavy atom. The van der Waals surface area contributed by atoms with E-state index >= 15 is 0 Å². The molecule has 0 saturated carbocycles. The molecule has 0 atom stereocenters. The van der Waals surface area contributed by atoms with Gasteiger partial charge in [-0.2, -0.15) is 0 Å². The molecular formula is C10H11NO2S. The van der Waals surface area contributed by atoms with Crippen LogP contribution >= 0.6 is 11.3 Å². The van der Waals surface area contributed by atoms with Crippen LogP contribution in [0.15, 0.2) is 11.4 Å². The molecule has 74 valence electrons. The molecule has 0 N–H and O–H groups in total. The third-order valence-corrected chi connectivity index (χ3v) is 3.20. The summed E-state index contributed by atoms with van der Waals surface area (Å²) in [5, 5.41) is 2.03. The van der Waals surface area contributed by atoms with Gasteiger partial charge in [0.25, 0.3) is 5.91 Å². The Bertz CT molecular complexity index is 383. The molecular weight excluding hydrogens is 198 g/mol. The lowest BCUT2D eigenvalue weighted by molar-refractivity contribution is -0.140. The number of carbonyl (C=O) groups is 2. The molecule has 3 nitrogen and oxygen atoms in total. The Balaban J connectivity index is 2.05. The molecule has 1 fully saturated rings. The topological polar surface area (TPSA) is 37.4 Å². The maximum absolute atomic E-state index is 11.3. The van der Waals surface area contributed by atoms with Crippen molar-refractivity contribution in [3.8, 4) is 0 Å². The zero-order chi connectivity index (χ0) is 10.1. The van der Waals surface area contributed by atoms with Crippen LogP contribution in [0.5, 0.6) is 0 Å². The highest BCUT2D eigenvalue weighted by atomic mass is 32.1. The number of rotatable bonds is 2. The van der Waals surface area contributed by atoms with Crippen molar-refractivity contribution in [3.05, 3.63) is 21.9 Å². The summed E-state index contributed by atoms with van der Waals surface area (Å²) < 4.78 is 0. The van der Waals surface area contributed by atoms with Crippen LogP contribution in [0.2, 0.25) is 0 Å². The fourth-order valence-corrected chi connectivity index (χ4v) is 2.27. The van der Waals surface area contributed by atoms with Crippen molar-refractivity contribution in [2.75, 3.05) is 6.54 Å². The van der Waals surface area contributed by atoms with Crippen LogP contribution < -0.4 is 0 Å². The van der Waals surface area contributed by atoms with Gasteiger partial charge in [-0.1, -0.05) is 0 Å². The van der Waals surface area contributed by atoms with Crippen molar-refractivity contribution in [2.24, 2.45) is 0 Å². The van der Waals surface area contributed by atoms with E-state index in [1.165, 1.54) is 4.88 Å². The Hall–Kier alpha value is -1.16. The summed E-state index contributed by atoms with van der Waals surface area (Å²) in [6, 6.07) is 2.06. The predicted octanol–water partition coefficient (Wildman–Crippen LogP) is 1.36. The first kappa shape index (κ1) is 9.40. The number of Topliss-reactive ketones (excluding diaryl/α,β-unsaturated/α-hetero) is 1. The van der Waals surface area contributed by atoms with E-state index < -0.39 is 0 Å². The van der Waals surface area contributed by atoms with Gasteiger partial charge in [0.15, 0.2) is 0 Å². The number of thiophene rings is 1. The second kappa shape index (κ2) is 3.53. The quantitative estimate of drug-likeness (QED) is 0.690. The lowest BCUT2D eigenvalue weighted by atomic mass is 10.3. The Morgan fingerprint density at radius 3 is 2.79 bits per heavy atom. The van der Waals surface area contributed by atoms with Gasteiger partial charge in [0.1, 0.15) is 0 Å². The molecule has 1 saturated heterocycles. The van der Waals surface area contributed by atoms with E-state index in [9.17, 15) is 9.59 Å². The summed E-state index contributed by atoms with van der Waals surface area (Å²) in [6.45, 7) is 3.19. The van der Waals surface area contributed by atoms with Crippen molar-refractivity contribution in [3.63, 3.8) is 0 Å². The molecule has 1 aromatic heterocycles. The summed E-state index contributed by atoms with van der Waals surface area (Å²) in [5.74, 6) is -0.578. The van der Waals surface area contributed by atoms with E-state index in [-0.39, 0.29) is 11.7 Å². The van der Waals surface area contributed by atoms with Gasteiger partial charge in [0, 0.05) is 24.4 Å². The molecule has 1 amide bonds. The van der Waals surface area contributed by atoms with Gasteiger partial charge >= 0.3 is 0 Å². The fraction of sp³-hybridized carbons (Fsp3) is 0.400. The predicted molar refractivity (Wildman–Crippen MR) is 54.1 cm³/mol. The molecule has 14 heavy (non-hydrogen) atoms. The van der Waals surface area contributed by atoms with Crippen molar-refractivity contribution < 1.29 is 9.59 Å². The zero-order valence-corrected chi connectivity index (χ0v) is 8.76. The minimum Gasteiger partial charge on any atom is -0.331 e. The van der Waals surface area contributed by atoms with Gasteiger partial charge in [-0.15, -0.1) is 11.3 Å². The molecule has 1 aliphatic heterocycles. The SMILES string of the molecule is Cc1cc(CN2CCC(=O)C2=O)cs1. The average molecular weight is 209 g/mol. The summed E-state index contributed by atoms with van der Waals surface area (Å²) in [7, 11) is 0. The highest BCUT2D eigenvalue weighted by Crippen LogP contribution is 2.17. The molecule has 0 radical (unpaired) electrons. The maximum atomic E-state index is 11.3. The van der Waals surface area contributed by atoms with Gasteiger partial charge in [-0.3, -0.25) is 9.59 Å². The Morgan fingerprint density at radius 1 is 1.50 bits per heavy atom. The van der Waals surface area contributed by atoms with Gasteiger partial charge < -0.3 is 4.90 Å². The second-order valence-corrected chi connectivity index (χ2v) is 4.58. The van der Waals surface area contributed by atoms with Crippen LogP contribution in [-0.2, 0) is 16.1 Å². The number of nitrogens with zero attached hydrogens (tertiary/aromatic N) is 1. The van der Waals surface area contributed by atoms with E-state index in [1.807, 2.05) is 12.3 Å². The number of aryl methyl sites for hydroxylation is 1. The summed E-state index contributed by atoms with van der Waals surface area (Å²) in [5.41, 5.74) is 1.12. The molecule has 0 aromatic carbocycles. The Kier molecular flexibility index (Phi) is 2.37. The van der Waals surface area contributed by atoms with Crippen LogP contribution in [-0.4, -0.2) is 23.1 Å². The second-order valence-electron chi connectivity index (χ2n) is 3.47. The molecule has 0 bridgehead atoms. The van der Waals surface area contributed by atoms with Gasteiger partial charge in [0.2, 0.25) is 5.78 Å². The smallest absolute Gasteiger partial charge is 0.290 e. The summed E-state index contributed by atoms with van der Waals surface area (Å²) in [4.78, 5) is 25.1. The highest BCUT2D eigenvalue weighted by Gasteiger charge is 2.28. The van der Waals surface area contributed by atoms with Crippen molar-refractivity contribution in [1.29, 1.82) is 0 Å². The Labute approximate surface area is 86.3 Å². The third kappa shape index (κ3) is 1.70. The number of hydrogen-bond acceptors (Lipinski definition) is 3. The van der Waals surface area contributed by atoms with Crippen LogP contribution in [0.25, 0.3) is 0 Å². The first-order valence-corrected chi connectivity index (χ1v) is 5.41. The summed E-state index contributed by atoms with van der Waals surface area (Å²) in [6.07, 6.45) is 0.377.